The average molecular weight is 280 g/mol. The van der Waals surface area contributed by atoms with Crippen molar-refractivity contribution in [3.05, 3.63) is 0 Å². The summed E-state index contributed by atoms with van der Waals surface area (Å²) in [6.45, 7) is 5.18. The van der Waals surface area contributed by atoms with E-state index in [1.165, 1.54) is 57.8 Å². The number of fused-ring (bicyclic) bond motifs is 1. The Morgan fingerprint density at radius 3 is 2.70 bits per heavy atom. The Bertz CT molecular complexity index is 312. The molecule has 3 fully saturated rings. The molecule has 2 unspecified atom stereocenters. The van der Waals surface area contributed by atoms with Gasteiger partial charge in [-0.2, -0.15) is 0 Å². The highest BCUT2D eigenvalue weighted by Gasteiger charge is 2.47. The van der Waals surface area contributed by atoms with E-state index in [9.17, 15) is 0 Å². The molecular formula is C17H32N2O. The summed E-state index contributed by atoms with van der Waals surface area (Å²) < 4.78 is 5.99. The maximum atomic E-state index is 6.29. The Morgan fingerprint density at radius 2 is 2.00 bits per heavy atom. The average Bonchev–Trinajstić information content (AvgIpc) is 2.97. The molecule has 3 heteroatoms. The Kier molecular flexibility index (Phi) is 4.68. The van der Waals surface area contributed by atoms with Crippen LogP contribution in [0.5, 0.6) is 0 Å². The fourth-order valence-electron chi connectivity index (χ4n) is 5.04. The van der Waals surface area contributed by atoms with Gasteiger partial charge in [0, 0.05) is 24.7 Å². The minimum absolute atomic E-state index is 0.293. The van der Waals surface area contributed by atoms with Crippen LogP contribution >= 0.6 is 0 Å². The summed E-state index contributed by atoms with van der Waals surface area (Å²) in [6, 6.07) is 0.662. The first-order valence-electron chi connectivity index (χ1n) is 8.87. The molecule has 116 valence electrons. The van der Waals surface area contributed by atoms with Gasteiger partial charge in [-0.1, -0.05) is 19.8 Å². The van der Waals surface area contributed by atoms with Gasteiger partial charge in [-0.25, -0.2) is 0 Å². The van der Waals surface area contributed by atoms with E-state index in [0.717, 1.165) is 25.6 Å². The van der Waals surface area contributed by atoms with Crippen LogP contribution in [-0.4, -0.2) is 42.3 Å². The third-order valence-electron chi connectivity index (χ3n) is 6.20. The van der Waals surface area contributed by atoms with Gasteiger partial charge in [-0.15, -0.1) is 0 Å². The van der Waals surface area contributed by atoms with Crippen LogP contribution in [0.25, 0.3) is 0 Å². The molecule has 0 amide bonds. The van der Waals surface area contributed by atoms with Crippen molar-refractivity contribution in [1.29, 1.82) is 0 Å². The minimum atomic E-state index is 0.293. The van der Waals surface area contributed by atoms with E-state index in [1.54, 1.807) is 0 Å². The molecule has 3 nitrogen and oxygen atoms in total. The molecule has 0 bridgehead atoms. The second-order valence-electron chi connectivity index (χ2n) is 7.26. The van der Waals surface area contributed by atoms with Crippen molar-refractivity contribution >= 4 is 0 Å². The lowest BCUT2D eigenvalue weighted by Crippen LogP contribution is -2.63. The summed E-state index contributed by atoms with van der Waals surface area (Å²) in [5.41, 5.74) is 6.58. The lowest BCUT2D eigenvalue weighted by Gasteiger charge is -2.53. The first-order chi connectivity index (χ1) is 9.79. The largest absolute Gasteiger partial charge is 0.375 e. The second-order valence-corrected chi connectivity index (χ2v) is 7.26. The molecule has 2 atom stereocenters. The van der Waals surface area contributed by atoms with Crippen LogP contribution < -0.4 is 5.73 Å². The van der Waals surface area contributed by atoms with Gasteiger partial charge >= 0.3 is 0 Å². The molecule has 3 aliphatic rings. The SMILES string of the molecule is CCCC1CCC(CN)(N2CCOC3CCCC32)CC1. The van der Waals surface area contributed by atoms with Gasteiger partial charge in [-0.3, -0.25) is 4.90 Å². The van der Waals surface area contributed by atoms with E-state index >= 15 is 0 Å². The maximum absolute atomic E-state index is 6.29. The first kappa shape index (κ1) is 14.8. The van der Waals surface area contributed by atoms with E-state index in [2.05, 4.69) is 11.8 Å². The van der Waals surface area contributed by atoms with Gasteiger partial charge < -0.3 is 10.5 Å². The quantitative estimate of drug-likeness (QED) is 0.860. The van der Waals surface area contributed by atoms with Crippen LogP contribution in [0.4, 0.5) is 0 Å². The normalized spacial score (nSPS) is 42.6. The van der Waals surface area contributed by atoms with Gasteiger partial charge in [0.1, 0.15) is 0 Å². The van der Waals surface area contributed by atoms with Crippen LogP contribution in [0.3, 0.4) is 0 Å². The fraction of sp³-hybridized carbons (Fsp3) is 1.00. The monoisotopic (exact) mass is 280 g/mol. The molecule has 2 aliphatic carbocycles. The van der Waals surface area contributed by atoms with Crippen LogP contribution in [0.2, 0.25) is 0 Å². The molecule has 0 aromatic carbocycles. The zero-order valence-corrected chi connectivity index (χ0v) is 13.2. The molecular weight excluding hydrogens is 248 g/mol. The van der Waals surface area contributed by atoms with Gasteiger partial charge in [0.25, 0.3) is 0 Å². The molecule has 3 rings (SSSR count). The van der Waals surface area contributed by atoms with E-state index in [4.69, 9.17) is 10.5 Å². The molecule has 1 heterocycles. The van der Waals surface area contributed by atoms with E-state index < -0.39 is 0 Å². The minimum Gasteiger partial charge on any atom is -0.375 e. The summed E-state index contributed by atoms with van der Waals surface area (Å²) in [6.07, 6.45) is 12.6. The predicted molar refractivity (Wildman–Crippen MR) is 82.7 cm³/mol. The molecule has 2 saturated carbocycles. The molecule has 20 heavy (non-hydrogen) atoms. The molecule has 0 spiro atoms. The number of morpholine rings is 1. The van der Waals surface area contributed by atoms with Crippen molar-refractivity contribution in [2.75, 3.05) is 19.7 Å². The Morgan fingerprint density at radius 1 is 1.20 bits per heavy atom. The molecule has 1 aliphatic heterocycles. The zero-order chi connectivity index (χ0) is 14.0. The topological polar surface area (TPSA) is 38.5 Å². The number of hydrogen-bond donors (Lipinski definition) is 1. The molecule has 0 aromatic heterocycles. The molecule has 2 N–H and O–H groups in total. The van der Waals surface area contributed by atoms with Crippen molar-refractivity contribution < 1.29 is 4.74 Å². The smallest absolute Gasteiger partial charge is 0.0731 e. The molecule has 0 radical (unpaired) electrons. The fourth-order valence-corrected chi connectivity index (χ4v) is 5.04. The summed E-state index contributed by atoms with van der Waals surface area (Å²) >= 11 is 0. The maximum Gasteiger partial charge on any atom is 0.0731 e. The van der Waals surface area contributed by atoms with Crippen molar-refractivity contribution in [3.8, 4) is 0 Å². The first-order valence-corrected chi connectivity index (χ1v) is 8.87. The lowest BCUT2D eigenvalue weighted by molar-refractivity contribution is -0.109. The van der Waals surface area contributed by atoms with Gasteiger partial charge in [0.15, 0.2) is 0 Å². The second kappa shape index (κ2) is 6.33. The number of ether oxygens (including phenoxy) is 1. The predicted octanol–water partition coefficient (Wildman–Crippen LogP) is 2.93. The summed E-state index contributed by atoms with van der Waals surface area (Å²) in [5.74, 6) is 0.958. The number of hydrogen-bond acceptors (Lipinski definition) is 3. The Hall–Kier alpha value is -0.120. The van der Waals surface area contributed by atoms with Crippen molar-refractivity contribution in [2.45, 2.75) is 82.4 Å². The third kappa shape index (κ3) is 2.65. The summed E-state index contributed by atoms with van der Waals surface area (Å²) in [4.78, 5) is 2.79. The van der Waals surface area contributed by atoms with Crippen molar-refractivity contribution in [2.24, 2.45) is 11.7 Å². The van der Waals surface area contributed by atoms with E-state index in [0.29, 0.717) is 17.7 Å². The van der Waals surface area contributed by atoms with E-state index in [-0.39, 0.29) is 0 Å². The van der Waals surface area contributed by atoms with Crippen LogP contribution in [0.1, 0.15) is 64.7 Å². The van der Waals surface area contributed by atoms with Crippen LogP contribution in [-0.2, 0) is 4.74 Å². The number of rotatable bonds is 4. The van der Waals surface area contributed by atoms with Crippen molar-refractivity contribution in [1.82, 2.24) is 4.90 Å². The lowest BCUT2D eigenvalue weighted by atomic mass is 9.73. The highest BCUT2D eigenvalue weighted by Crippen LogP contribution is 2.42. The van der Waals surface area contributed by atoms with Gasteiger partial charge in [0.2, 0.25) is 0 Å². The Balaban J connectivity index is 1.69. The number of nitrogens with two attached hydrogens (primary N) is 1. The highest BCUT2D eigenvalue weighted by atomic mass is 16.5. The molecule has 1 saturated heterocycles. The summed E-state index contributed by atoms with van der Waals surface area (Å²) in [5, 5.41) is 0. The zero-order valence-electron chi connectivity index (χ0n) is 13.2. The van der Waals surface area contributed by atoms with Crippen LogP contribution in [0.15, 0.2) is 0 Å². The Labute approximate surface area is 124 Å². The van der Waals surface area contributed by atoms with Crippen LogP contribution in [0, 0.1) is 5.92 Å². The molecule has 0 aromatic rings. The van der Waals surface area contributed by atoms with E-state index in [1.807, 2.05) is 0 Å². The standard InChI is InChI=1S/C17H32N2O/c1-2-4-14-7-9-17(13-18,10-8-14)19-11-12-20-16-6-3-5-15(16)19/h14-16H,2-13,18H2,1H3. The van der Waals surface area contributed by atoms with Gasteiger partial charge in [0.05, 0.1) is 12.7 Å². The summed E-state index contributed by atoms with van der Waals surface area (Å²) in [7, 11) is 0. The van der Waals surface area contributed by atoms with Gasteiger partial charge in [-0.05, 0) is 50.9 Å². The third-order valence-corrected chi connectivity index (χ3v) is 6.20. The highest BCUT2D eigenvalue weighted by molar-refractivity contribution is 5.02. The van der Waals surface area contributed by atoms with Crippen molar-refractivity contribution in [3.63, 3.8) is 0 Å². The number of nitrogens with zero attached hydrogens (tertiary/aromatic N) is 1.